The second kappa shape index (κ2) is 12.2. The van der Waals surface area contributed by atoms with E-state index in [1.54, 1.807) is 0 Å². The summed E-state index contributed by atoms with van der Waals surface area (Å²) in [5, 5.41) is 4.91. The molecule has 0 fully saturated rings. The van der Waals surface area contributed by atoms with E-state index >= 15 is 0 Å². The Hall–Kier alpha value is -4.34. The molecule has 226 valence electrons. The number of allylic oxidation sites excluding steroid dienone is 5. The summed E-state index contributed by atoms with van der Waals surface area (Å²) in [6, 6.07) is 25.3. The molecule has 0 spiro atoms. The molecular weight excluding hydrogens is 565 g/mol. The quantitative estimate of drug-likeness (QED) is 0.211. The van der Waals surface area contributed by atoms with E-state index in [4.69, 9.17) is 0 Å². The molecule has 3 heterocycles. The fourth-order valence-corrected chi connectivity index (χ4v) is 8.16. The SMILES string of the molecule is CC1C=CC=C(c2ccc(/C=C/c3ccc4c5c(sc4c3)CC(C)(C(C)Cc3ccc(C4=CC=CCN4C)cc3)C=C5)cc2)N1. The van der Waals surface area contributed by atoms with Crippen LogP contribution in [-0.2, 0) is 12.8 Å². The smallest absolute Gasteiger partial charge is 0.0439 e. The number of dihydropyridines is 1. The normalized spacial score (nSPS) is 21.5. The molecule has 45 heavy (non-hydrogen) atoms. The van der Waals surface area contributed by atoms with E-state index in [9.17, 15) is 0 Å². The number of fused-ring (bicyclic) bond motifs is 3. The summed E-state index contributed by atoms with van der Waals surface area (Å²) in [7, 11) is 2.16. The van der Waals surface area contributed by atoms with Crippen molar-refractivity contribution in [2.45, 2.75) is 39.7 Å². The fourth-order valence-electron chi connectivity index (χ4n) is 6.74. The van der Waals surface area contributed by atoms with Gasteiger partial charge in [0.15, 0.2) is 0 Å². The Labute approximate surface area is 272 Å². The van der Waals surface area contributed by atoms with Crippen LogP contribution in [0.5, 0.6) is 0 Å². The number of nitrogens with zero attached hydrogens (tertiary/aromatic N) is 1. The molecule has 2 nitrogen and oxygen atoms in total. The third-order valence-corrected chi connectivity index (χ3v) is 11.0. The third-order valence-electron chi connectivity index (χ3n) is 9.84. The molecule has 0 radical (unpaired) electrons. The first-order chi connectivity index (χ1) is 21.8. The van der Waals surface area contributed by atoms with Crippen LogP contribution in [0.4, 0.5) is 0 Å². The summed E-state index contributed by atoms with van der Waals surface area (Å²) >= 11 is 1.98. The Bertz CT molecular complexity index is 1890. The van der Waals surface area contributed by atoms with E-state index in [1.807, 2.05) is 11.3 Å². The zero-order valence-corrected chi connectivity index (χ0v) is 27.6. The number of hydrogen-bond acceptors (Lipinski definition) is 3. The van der Waals surface area contributed by atoms with Gasteiger partial charge in [-0.05, 0) is 88.1 Å². The maximum atomic E-state index is 3.53. The molecule has 3 atom stereocenters. The van der Waals surface area contributed by atoms with Crippen LogP contribution in [0.15, 0.2) is 109 Å². The molecule has 0 bridgehead atoms. The Morgan fingerprint density at radius 2 is 1.71 bits per heavy atom. The number of rotatable bonds is 7. The summed E-state index contributed by atoms with van der Waals surface area (Å²) in [5.41, 5.74) is 10.4. The molecule has 1 N–H and O–H groups in total. The molecule has 0 saturated carbocycles. The van der Waals surface area contributed by atoms with Gasteiger partial charge in [0.05, 0.1) is 0 Å². The lowest BCUT2D eigenvalue weighted by Crippen LogP contribution is -2.29. The van der Waals surface area contributed by atoms with E-state index in [1.165, 1.54) is 59.7 Å². The third kappa shape index (κ3) is 6.15. The summed E-state index contributed by atoms with van der Waals surface area (Å²) in [4.78, 5) is 3.82. The predicted octanol–water partition coefficient (Wildman–Crippen LogP) is 10.3. The van der Waals surface area contributed by atoms with Crippen LogP contribution < -0.4 is 5.32 Å². The van der Waals surface area contributed by atoms with Crippen LogP contribution in [0.25, 0.3) is 39.7 Å². The minimum Gasteiger partial charge on any atom is -0.379 e. The maximum absolute atomic E-state index is 3.53. The van der Waals surface area contributed by atoms with Gasteiger partial charge in [-0.3, -0.25) is 0 Å². The van der Waals surface area contributed by atoms with Gasteiger partial charge in [-0.2, -0.15) is 0 Å². The van der Waals surface area contributed by atoms with Gasteiger partial charge >= 0.3 is 0 Å². The molecule has 1 aliphatic carbocycles. The van der Waals surface area contributed by atoms with Gasteiger partial charge in [-0.15, -0.1) is 11.3 Å². The number of likely N-dealkylation sites (N-methyl/N-ethyl adjacent to an activating group) is 1. The highest BCUT2D eigenvalue weighted by Gasteiger charge is 2.33. The van der Waals surface area contributed by atoms with Gasteiger partial charge in [0, 0.05) is 40.6 Å². The second-order valence-corrected chi connectivity index (χ2v) is 14.4. The fraction of sp³-hybridized carbons (Fsp3) is 0.238. The van der Waals surface area contributed by atoms with Crippen molar-refractivity contribution in [2.24, 2.45) is 11.3 Å². The van der Waals surface area contributed by atoms with Crippen molar-refractivity contribution in [1.82, 2.24) is 10.2 Å². The van der Waals surface area contributed by atoms with Gasteiger partial charge in [0.2, 0.25) is 0 Å². The molecule has 3 heteroatoms. The van der Waals surface area contributed by atoms with Crippen LogP contribution in [-0.4, -0.2) is 24.5 Å². The first kappa shape index (κ1) is 29.4. The molecule has 3 unspecified atom stereocenters. The van der Waals surface area contributed by atoms with E-state index in [0.29, 0.717) is 12.0 Å². The summed E-state index contributed by atoms with van der Waals surface area (Å²) in [6.07, 6.45) is 24.5. The highest BCUT2D eigenvalue weighted by atomic mass is 32.1. The van der Waals surface area contributed by atoms with Crippen LogP contribution in [0, 0.1) is 11.3 Å². The average Bonchev–Trinajstić information content (AvgIpc) is 3.41. The van der Waals surface area contributed by atoms with Crippen molar-refractivity contribution < 1.29 is 0 Å². The number of thiophene rings is 1. The molecule has 7 rings (SSSR count). The zero-order chi connectivity index (χ0) is 31.0. The molecule has 3 aromatic carbocycles. The van der Waals surface area contributed by atoms with Crippen molar-refractivity contribution in [2.75, 3.05) is 13.6 Å². The molecular formula is C42H42N2S. The van der Waals surface area contributed by atoms with E-state index < -0.39 is 0 Å². The monoisotopic (exact) mass is 606 g/mol. The molecule has 0 amide bonds. The second-order valence-electron chi connectivity index (χ2n) is 13.2. The van der Waals surface area contributed by atoms with E-state index in [-0.39, 0.29) is 5.41 Å². The molecule has 3 aliphatic rings. The van der Waals surface area contributed by atoms with E-state index in [0.717, 1.165) is 19.4 Å². The van der Waals surface area contributed by atoms with Gasteiger partial charge in [-0.1, -0.05) is 123 Å². The van der Waals surface area contributed by atoms with Crippen LogP contribution in [0.1, 0.15) is 59.0 Å². The Kier molecular flexibility index (Phi) is 7.97. The first-order valence-corrected chi connectivity index (χ1v) is 17.0. The van der Waals surface area contributed by atoms with Crippen LogP contribution >= 0.6 is 11.3 Å². The van der Waals surface area contributed by atoms with Crippen LogP contribution in [0.3, 0.4) is 0 Å². The Morgan fingerprint density at radius 1 is 0.956 bits per heavy atom. The summed E-state index contributed by atoms with van der Waals surface area (Å²) < 4.78 is 1.38. The molecule has 4 aromatic rings. The summed E-state index contributed by atoms with van der Waals surface area (Å²) in [6.45, 7) is 8.01. The molecule has 1 aromatic heterocycles. The predicted molar refractivity (Wildman–Crippen MR) is 197 cm³/mol. The standard InChI is InChI=1S/C42H42N2S/c1-29(26-32-15-20-35(21-16-32)39-10-5-6-25-44(39)4)42(3)24-23-37-36-22-17-33(27-40(36)45-41(37)28-42)12-11-31-13-18-34(19-14-31)38-9-7-8-30(2)43-38/h5-24,27,29-30,43H,25-26,28H2,1-4H3/b12-11+. The summed E-state index contributed by atoms with van der Waals surface area (Å²) in [5.74, 6) is 0.535. The van der Waals surface area contributed by atoms with Gasteiger partial charge in [-0.25, -0.2) is 0 Å². The highest BCUT2D eigenvalue weighted by molar-refractivity contribution is 7.19. The topological polar surface area (TPSA) is 15.3 Å². The number of benzene rings is 3. The number of nitrogens with one attached hydrogen (secondary N) is 1. The van der Waals surface area contributed by atoms with Gasteiger partial charge in [0.1, 0.15) is 0 Å². The number of hydrogen-bond donors (Lipinski definition) is 1. The van der Waals surface area contributed by atoms with E-state index in [2.05, 4.69) is 166 Å². The molecule has 0 saturated heterocycles. The lowest BCUT2D eigenvalue weighted by atomic mass is 9.70. The van der Waals surface area contributed by atoms with Crippen molar-refractivity contribution in [3.8, 4) is 0 Å². The van der Waals surface area contributed by atoms with Crippen molar-refractivity contribution in [3.63, 3.8) is 0 Å². The van der Waals surface area contributed by atoms with Crippen LogP contribution in [0.2, 0.25) is 0 Å². The largest absolute Gasteiger partial charge is 0.379 e. The minimum atomic E-state index is 0.135. The lowest BCUT2D eigenvalue weighted by molar-refractivity contribution is 0.273. The zero-order valence-electron chi connectivity index (χ0n) is 26.8. The van der Waals surface area contributed by atoms with Gasteiger partial charge < -0.3 is 10.2 Å². The first-order valence-electron chi connectivity index (χ1n) is 16.2. The van der Waals surface area contributed by atoms with Crippen molar-refractivity contribution in [3.05, 3.63) is 148 Å². The molecule has 2 aliphatic heterocycles. The average molecular weight is 607 g/mol. The lowest BCUT2D eigenvalue weighted by Gasteiger charge is -2.35. The van der Waals surface area contributed by atoms with Crippen molar-refractivity contribution >= 4 is 51.0 Å². The highest BCUT2D eigenvalue weighted by Crippen LogP contribution is 2.45. The minimum absolute atomic E-state index is 0.135. The Morgan fingerprint density at radius 3 is 2.49 bits per heavy atom. The van der Waals surface area contributed by atoms with Gasteiger partial charge in [0.25, 0.3) is 0 Å². The maximum Gasteiger partial charge on any atom is 0.0439 e. The Balaban J connectivity index is 1.03. The van der Waals surface area contributed by atoms with Crippen molar-refractivity contribution in [1.29, 1.82) is 0 Å².